The van der Waals surface area contributed by atoms with E-state index in [4.69, 9.17) is 0 Å². The molecular formula is C63H38N6. The first kappa shape index (κ1) is 38.6. The first-order chi connectivity index (χ1) is 34.1. The molecule has 0 saturated carbocycles. The van der Waals surface area contributed by atoms with E-state index < -0.39 is 0 Å². The van der Waals surface area contributed by atoms with Gasteiger partial charge in [0.05, 0.1) is 67.1 Å². The number of hydrogen-bond donors (Lipinski definition) is 0. The van der Waals surface area contributed by atoms with Gasteiger partial charge in [0, 0.05) is 60.0 Å². The quantitative estimate of drug-likeness (QED) is 0.173. The SMILES string of the molecule is Cc1cc(C#N)cc(-c2ccc(-n3c4ccccc4c4cc(-n5c6ccccc6c6ccccc65)ccc43)c(C#N)c2-n2c3ccccc3c3cc(-n4c5ccccc5c5ccccc54)ccc32)c1. The number of hydrogen-bond acceptors (Lipinski definition) is 2. The Balaban J connectivity index is 1.06. The lowest BCUT2D eigenvalue weighted by atomic mass is 9.95. The van der Waals surface area contributed by atoms with E-state index in [1.54, 1.807) is 0 Å². The monoisotopic (exact) mass is 878 g/mol. The van der Waals surface area contributed by atoms with E-state index in [2.05, 4.69) is 231 Å². The number of aromatic nitrogens is 4. The molecule has 0 spiro atoms. The number of rotatable bonds is 5. The van der Waals surface area contributed by atoms with E-state index in [1.165, 1.54) is 21.5 Å². The van der Waals surface area contributed by atoms with Gasteiger partial charge in [-0.05, 0) is 109 Å². The van der Waals surface area contributed by atoms with Crippen molar-refractivity contribution in [2.45, 2.75) is 6.92 Å². The summed E-state index contributed by atoms with van der Waals surface area (Å²) in [6.45, 7) is 2.02. The third-order valence-electron chi connectivity index (χ3n) is 14.2. The number of fused-ring (bicyclic) bond motifs is 12. The van der Waals surface area contributed by atoms with Gasteiger partial charge in [0.25, 0.3) is 0 Å². The number of benzene rings is 10. The summed E-state index contributed by atoms with van der Waals surface area (Å²) in [5, 5.41) is 31.2. The molecule has 10 aromatic carbocycles. The van der Waals surface area contributed by atoms with Crippen LogP contribution in [0.2, 0.25) is 0 Å². The van der Waals surface area contributed by atoms with Crippen LogP contribution in [0.5, 0.6) is 0 Å². The smallest absolute Gasteiger partial charge is 0.104 e. The first-order valence-electron chi connectivity index (χ1n) is 23.2. The van der Waals surface area contributed by atoms with Gasteiger partial charge < -0.3 is 18.3 Å². The number of aryl methyl sites for hydroxylation is 1. The largest absolute Gasteiger partial charge is 0.309 e. The molecule has 0 bridgehead atoms. The Bertz CT molecular complexity index is 4490. The number of para-hydroxylation sites is 6. The predicted octanol–water partition coefficient (Wildman–Crippen LogP) is 15.8. The van der Waals surface area contributed by atoms with Gasteiger partial charge in [-0.1, -0.05) is 121 Å². The molecule has 0 radical (unpaired) electrons. The average molecular weight is 879 g/mol. The van der Waals surface area contributed by atoms with Crippen molar-refractivity contribution in [2.75, 3.05) is 0 Å². The zero-order chi connectivity index (χ0) is 45.9. The van der Waals surface area contributed by atoms with Crippen LogP contribution in [-0.2, 0) is 0 Å². The lowest BCUT2D eigenvalue weighted by molar-refractivity contribution is 1.11. The lowest BCUT2D eigenvalue weighted by Gasteiger charge is -2.20. The van der Waals surface area contributed by atoms with Crippen LogP contribution in [0, 0.1) is 29.6 Å². The van der Waals surface area contributed by atoms with Gasteiger partial charge in [-0.25, -0.2) is 0 Å². The van der Waals surface area contributed by atoms with E-state index in [0.717, 1.165) is 105 Å². The molecule has 6 heteroatoms. The molecule has 0 atom stereocenters. The minimum Gasteiger partial charge on any atom is -0.309 e. The predicted molar refractivity (Wildman–Crippen MR) is 283 cm³/mol. The Labute approximate surface area is 396 Å². The van der Waals surface area contributed by atoms with Gasteiger partial charge >= 0.3 is 0 Å². The van der Waals surface area contributed by atoms with Crippen LogP contribution >= 0.6 is 0 Å². The van der Waals surface area contributed by atoms with E-state index in [9.17, 15) is 10.5 Å². The molecule has 69 heavy (non-hydrogen) atoms. The van der Waals surface area contributed by atoms with Crippen molar-refractivity contribution in [3.05, 3.63) is 229 Å². The summed E-state index contributed by atoms with van der Waals surface area (Å²) in [7, 11) is 0. The summed E-state index contributed by atoms with van der Waals surface area (Å²) >= 11 is 0. The van der Waals surface area contributed by atoms with Crippen LogP contribution in [0.4, 0.5) is 0 Å². The Morgan fingerprint density at radius 3 is 1.17 bits per heavy atom. The molecule has 320 valence electrons. The van der Waals surface area contributed by atoms with E-state index in [1.807, 2.05) is 19.1 Å². The molecule has 4 aromatic heterocycles. The minimum atomic E-state index is 0.524. The summed E-state index contributed by atoms with van der Waals surface area (Å²) in [5.74, 6) is 0. The van der Waals surface area contributed by atoms with Crippen LogP contribution in [0.15, 0.2) is 212 Å². The van der Waals surface area contributed by atoms with Crippen LogP contribution in [0.25, 0.3) is 121 Å². The lowest BCUT2D eigenvalue weighted by Crippen LogP contribution is -2.06. The molecule has 14 aromatic rings. The second-order valence-corrected chi connectivity index (χ2v) is 18.0. The van der Waals surface area contributed by atoms with Crippen molar-refractivity contribution in [1.29, 1.82) is 10.5 Å². The molecule has 6 nitrogen and oxygen atoms in total. The van der Waals surface area contributed by atoms with Gasteiger partial charge in [-0.15, -0.1) is 0 Å². The van der Waals surface area contributed by atoms with Gasteiger partial charge in [-0.2, -0.15) is 10.5 Å². The van der Waals surface area contributed by atoms with Crippen molar-refractivity contribution >= 4 is 87.2 Å². The summed E-state index contributed by atoms with van der Waals surface area (Å²) < 4.78 is 9.25. The molecular weight excluding hydrogens is 841 g/mol. The molecule has 0 aliphatic heterocycles. The van der Waals surface area contributed by atoms with Gasteiger partial charge in [-0.3, -0.25) is 0 Å². The Hall–Kier alpha value is -9.62. The van der Waals surface area contributed by atoms with Crippen LogP contribution in [0.1, 0.15) is 16.7 Å². The molecule has 0 aliphatic carbocycles. The highest BCUT2D eigenvalue weighted by atomic mass is 15.0. The zero-order valence-corrected chi connectivity index (χ0v) is 37.4. The summed E-state index contributed by atoms with van der Waals surface area (Å²) in [4.78, 5) is 0. The van der Waals surface area contributed by atoms with E-state index >= 15 is 0 Å². The fraction of sp³-hybridized carbons (Fsp3) is 0.0159. The van der Waals surface area contributed by atoms with Crippen molar-refractivity contribution < 1.29 is 0 Å². The van der Waals surface area contributed by atoms with Crippen molar-refractivity contribution in [3.8, 4) is 46.0 Å². The minimum absolute atomic E-state index is 0.524. The maximum absolute atomic E-state index is 11.8. The van der Waals surface area contributed by atoms with Crippen molar-refractivity contribution in [3.63, 3.8) is 0 Å². The fourth-order valence-electron chi connectivity index (χ4n) is 11.4. The summed E-state index contributed by atoms with van der Waals surface area (Å²) in [6.07, 6.45) is 0. The Morgan fingerprint density at radius 2 is 0.725 bits per heavy atom. The highest BCUT2D eigenvalue weighted by Crippen LogP contribution is 2.44. The molecule has 14 rings (SSSR count). The maximum Gasteiger partial charge on any atom is 0.104 e. The maximum atomic E-state index is 11.8. The zero-order valence-electron chi connectivity index (χ0n) is 37.4. The molecule has 0 unspecified atom stereocenters. The number of nitrogens with zero attached hydrogens (tertiary/aromatic N) is 6. The first-order valence-corrected chi connectivity index (χ1v) is 23.2. The third kappa shape index (κ3) is 5.52. The van der Waals surface area contributed by atoms with Crippen LogP contribution < -0.4 is 0 Å². The van der Waals surface area contributed by atoms with Crippen molar-refractivity contribution in [1.82, 2.24) is 18.3 Å². The average Bonchev–Trinajstić information content (AvgIpc) is 4.12. The third-order valence-corrected chi connectivity index (χ3v) is 14.2. The molecule has 0 amide bonds. The summed E-state index contributed by atoms with van der Waals surface area (Å²) in [5.41, 5.74) is 16.0. The highest BCUT2D eigenvalue weighted by Gasteiger charge is 2.26. The molecule has 0 N–H and O–H groups in total. The van der Waals surface area contributed by atoms with Gasteiger partial charge in [0.1, 0.15) is 11.6 Å². The topological polar surface area (TPSA) is 67.3 Å². The Kier molecular flexibility index (Phi) is 8.23. The van der Waals surface area contributed by atoms with Crippen molar-refractivity contribution in [2.24, 2.45) is 0 Å². The molecule has 0 saturated heterocycles. The molecule has 0 fully saturated rings. The molecule has 0 aliphatic rings. The van der Waals surface area contributed by atoms with E-state index in [-0.39, 0.29) is 0 Å². The van der Waals surface area contributed by atoms with Gasteiger partial charge in [0.2, 0.25) is 0 Å². The second kappa shape index (κ2) is 14.7. The second-order valence-electron chi connectivity index (χ2n) is 18.0. The van der Waals surface area contributed by atoms with E-state index in [0.29, 0.717) is 11.1 Å². The highest BCUT2D eigenvalue weighted by molar-refractivity contribution is 6.15. The number of nitriles is 2. The van der Waals surface area contributed by atoms with Crippen LogP contribution in [-0.4, -0.2) is 18.3 Å². The Morgan fingerprint density at radius 1 is 0.333 bits per heavy atom. The summed E-state index contributed by atoms with van der Waals surface area (Å²) in [6, 6.07) is 80.2. The van der Waals surface area contributed by atoms with Crippen LogP contribution in [0.3, 0.4) is 0 Å². The van der Waals surface area contributed by atoms with Gasteiger partial charge in [0.15, 0.2) is 0 Å². The fourth-order valence-corrected chi connectivity index (χ4v) is 11.4. The standard InChI is InChI=1S/C63H38N6/c1-39-32-40(37-64)34-41(33-39)44-28-31-62(68-58-24-12-6-18-49(58)51-35-42(26-29-60(51)68)66-54-20-8-2-14-45(54)46-15-3-9-21-55(46)66)53(38-65)63(44)69-59-25-13-7-19-50(59)52-36-43(27-30-61(52)69)67-56-22-10-4-16-47(56)48-17-5-11-23-57(48)67/h2-36H,1H3. The normalized spacial score (nSPS) is 11.8. The molecule has 4 heterocycles.